The van der Waals surface area contributed by atoms with E-state index >= 15 is 0 Å². The second-order valence-corrected chi connectivity index (χ2v) is 4.50. The first kappa shape index (κ1) is 13.2. The van der Waals surface area contributed by atoms with E-state index in [1.165, 1.54) is 32.1 Å². The second kappa shape index (κ2) is 8.34. The van der Waals surface area contributed by atoms with Crippen molar-refractivity contribution >= 4 is 0 Å². The van der Waals surface area contributed by atoms with Gasteiger partial charge in [-0.05, 0) is 26.0 Å². The molecule has 0 aliphatic rings. The van der Waals surface area contributed by atoms with E-state index in [1.807, 2.05) is 23.1 Å². The molecule has 1 atom stereocenters. The van der Waals surface area contributed by atoms with Crippen LogP contribution < -0.4 is 5.32 Å². The van der Waals surface area contributed by atoms with Crippen molar-refractivity contribution in [3.63, 3.8) is 0 Å². The summed E-state index contributed by atoms with van der Waals surface area (Å²) < 4.78 is 1.98. The predicted octanol–water partition coefficient (Wildman–Crippen LogP) is 2.83. The van der Waals surface area contributed by atoms with Crippen molar-refractivity contribution < 1.29 is 0 Å². The second-order valence-electron chi connectivity index (χ2n) is 4.50. The standard InChI is InChI=1S/C13H25N3/c1-3-4-5-6-7-9-14-13(2)12-16-11-8-10-15-16/h8,10-11,13-14H,3-7,9,12H2,1-2H3. The molecule has 1 aromatic rings. The first-order chi connectivity index (χ1) is 7.83. The van der Waals surface area contributed by atoms with Crippen LogP contribution in [0.5, 0.6) is 0 Å². The van der Waals surface area contributed by atoms with E-state index in [0.29, 0.717) is 6.04 Å². The summed E-state index contributed by atoms with van der Waals surface area (Å²) in [5, 5.41) is 7.74. The quantitative estimate of drug-likeness (QED) is 0.652. The lowest BCUT2D eigenvalue weighted by atomic mass is 10.1. The minimum absolute atomic E-state index is 0.506. The average molecular weight is 223 g/mol. The van der Waals surface area contributed by atoms with Crippen LogP contribution in [0.4, 0.5) is 0 Å². The summed E-state index contributed by atoms with van der Waals surface area (Å²) in [6, 6.07) is 2.48. The zero-order valence-corrected chi connectivity index (χ0v) is 10.7. The molecule has 0 aromatic carbocycles. The third-order valence-electron chi connectivity index (χ3n) is 2.79. The Bertz CT molecular complexity index is 244. The monoisotopic (exact) mass is 223 g/mol. The normalized spacial score (nSPS) is 12.9. The number of nitrogens with zero attached hydrogens (tertiary/aromatic N) is 2. The average Bonchev–Trinajstić information content (AvgIpc) is 2.76. The number of rotatable bonds is 9. The van der Waals surface area contributed by atoms with E-state index in [2.05, 4.69) is 24.3 Å². The Morgan fingerprint density at radius 1 is 1.25 bits per heavy atom. The minimum atomic E-state index is 0.506. The summed E-state index contributed by atoms with van der Waals surface area (Å²) in [5.41, 5.74) is 0. The van der Waals surface area contributed by atoms with Gasteiger partial charge in [-0.2, -0.15) is 5.10 Å². The fourth-order valence-corrected chi connectivity index (χ4v) is 1.83. The van der Waals surface area contributed by atoms with Crippen LogP contribution >= 0.6 is 0 Å². The minimum Gasteiger partial charge on any atom is -0.312 e. The summed E-state index contributed by atoms with van der Waals surface area (Å²) in [7, 11) is 0. The SMILES string of the molecule is CCCCCCCNC(C)Cn1cccn1. The number of aromatic nitrogens is 2. The van der Waals surface area contributed by atoms with E-state index in [-0.39, 0.29) is 0 Å². The Labute approximate surface area is 99.2 Å². The first-order valence-corrected chi connectivity index (χ1v) is 6.53. The Morgan fingerprint density at radius 2 is 2.06 bits per heavy atom. The highest BCUT2D eigenvalue weighted by atomic mass is 15.3. The predicted molar refractivity (Wildman–Crippen MR) is 68.5 cm³/mol. The maximum Gasteiger partial charge on any atom is 0.0559 e. The van der Waals surface area contributed by atoms with Gasteiger partial charge in [0.05, 0.1) is 6.54 Å². The van der Waals surface area contributed by atoms with Gasteiger partial charge in [0, 0.05) is 18.4 Å². The van der Waals surface area contributed by atoms with Crippen LogP contribution in [0.25, 0.3) is 0 Å². The van der Waals surface area contributed by atoms with Crippen molar-refractivity contribution in [1.29, 1.82) is 0 Å². The first-order valence-electron chi connectivity index (χ1n) is 6.53. The molecular formula is C13H25N3. The van der Waals surface area contributed by atoms with Gasteiger partial charge in [0.1, 0.15) is 0 Å². The molecule has 16 heavy (non-hydrogen) atoms. The lowest BCUT2D eigenvalue weighted by Gasteiger charge is -2.13. The van der Waals surface area contributed by atoms with E-state index in [4.69, 9.17) is 0 Å². The molecule has 0 saturated carbocycles. The molecule has 0 amide bonds. The molecule has 0 radical (unpaired) electrons. The van der Waals surface area contributed by atoms with Gasteiger partial charge in [0.2, 0.25) is 0 Å². The maximum absolute atomic E-state index is 4.20. The smallest absolute Gasteiger partial charge is 0.0559 e. The zero-order valence-electron chi connectivity index (χ0n) is 10.7. The number of nitrogens with one attached hydrogen (secondary N) is 1. The Morgan fingerprint density at radius 3 is 2.75 bits per heavy atom. The van der Waals surface area contributed by atoms with Gasteiger partial charge in [0.25, 0.3) is 0 Å². The van der Waals surface area contributed by atoms with Gasteiger partial charge in [0.15, 0.2) is 0 Å². The fraction of sp³-hybridized carbons (Fsp3) is 0.769. The molecule has 1 heterocycles. The molecule has 0 fully saturated rings. The zero-order chi connectivity index (χ0) is 11.6. The summed E-state index contributed by atoms with van der Waals surface area (Å²) in [5.74, 6) is 0. The van der Waals surface area contributed by atoms with Gasteiger partial charge >= 0.3 is 0 Å². The molecule has 92 valence electrons. The molecular weight excluding hydrogens is 198 g/mol. The molecule has 3 heteroatoms. The van der Waals surface area contributed by atoms with Crippen molar-refractivity contribution in [2.24, 2.45) is 0 Å². The summed E-state index contributed by atoms with van der Waals surface area (Å²) in [6.07, 6.45) is 10.6. The lowest BCUT2D eigenvalue weighted by molar-refractivity contribution is 0.442. The van der Waals surface area contributed by atoms with E-state index in [0.717, 1.165) is 13.1 Å². The molecule has 1 rings (SSSR count). The van der Waals surface area contributed by atoms with E-state index < -0.39 is 0 Å². The van der Waals surface area contributed by atoms with Crippen LogP contribution in [0.1, 0.15) is 46.0 Å². The molecule has 3 nitrogen and oxygen atoms in total. The third kappa shape index (κ3) is 5.91. The molecule has 0 bridgehead atoms. The van der Waals surface area contributed by atoms with Crippen LogP contribution in [-0.4, -0.2) is 22.4 Å². The maximum atomic E-state index is 4.20. The fourth-order valence-electron chi connectivity index (χ4n) is 1.83. The van der Waals surface area contributed by atoms with Gasteiger partial charge in [-0.15, -0.1) is 0 Å². The van der Waals surface area contributed by atoms with Gasteiger partial charge in [-0.3, -0.25) is 4.68 Å². The summed E-state index contributed by atoms with van der Waals surface area (Å²) >= 11 is 0. The number of hydrogen-bond acceptors (Lipinski definition) is 2. The molecule has 0 spiro atoms. The largest absolute Gasteiger partial charge is 0.312 e. The highest BCUT2D eigenvalue weighted by molar-refractivity contribution is 4.78. The van der Waals surface area contributed by atoms with Crippen molar-refractivity contribution in [1.82, 2.24) is 15.1 Å². The topological polar surface area (TPSA) is 29.9 Å². The van der Waals surface area contributed by atoms with Gasteiger partial charge in [-0.25, -0.2) is 0 Å². The molecule has 0 saturated heterocycles. The van der Waals surface area contributed by atoms with Crippen molar-refractivity contribution in [3.05, 3.63) is 18.5 Å². The highest BCUT2D eigenvalue weighted by Gasteiger charge is 2.01. The summed E-state index contributed by atoms with van der Waals surface area (Å²) in [6.45, 7) is 6.56. The van der Waals surface area contributed by atoms with Gasteiger partial charge in [-0.1, -0.05) is 32.6 Å². The van der Waals surface area contributed by atoms with Crippen LogP contribution in [0.3, 0.4) is 0 Å². The van der Waals surface area contributed by atoms with Crippen LogP contribution in [0.2, 0.25) is 0 Å². The van der Waals surface area contributed by atoms with E-state index in [9.17, 15) is 0 Å². The molecule has 0 aliphatic heterocycles. The van der Waals surface area contributed by atoms with Crippen LogP contribution in [-0.2, 0) is 6.54 Å². The van der Waals surface area contributed by atoms with E-state index in [1.54, 1.807) is 0 Å². The Balaban J connectivity index is 1.96. The van der Waals surface area contributed by atoms with Crippen molar-refractivity contribution in [2.75, 3.05) is 6.54 Å². The van der Waals surface area contributed by atoms with Crippen molar-refractivity contribution in [2.45, 2.75) is 58.5 Å². The molecule has 1 aromatic heterocycles. The molecule has 1 N–H and O–H groups in total. The van der Waals surface area contributed by atoms with Crippen LogP contribution in [0, 0.1) is 0 Å². The number of hydrogen-bond donors (Lipinski definition) is 1. The molecule has 0 aliphatic carbocycles. The third-order valence-corrected chi connectivity index (χ3v) is 2.79. The Kier molecular flexibility index (Phi) is 6.90. The summed E-state index contributed by atoms with van der Waals surface area (Å²) in [4.78, 5) is 0. The van der Waals surface area contributed by atoms with Crippen LogP contribution in [0.15, 0.2) is 18.5 Å². The van der Waals surface area contributed by atoms with Gasteiger partial charge < -0.3 is 5.32 Å². The lowest BCUT2D eigenvalue weighted by Crippen LogP contribution is -2.31. The Hall–Kier alpha value is -0.830. The highest BCUT2D eigenvalue weighted by Crippen LogP contribution is 2.01. The number of unbranched alkanes of at least 4 members (excludes halogenated alkanes) is 4. The molecule has 1 unspecified atom stereocenters. The van der Waals surface area contributed by atoms with Crippen molar-refractivity contribution in [3.8, 4) is 0 Å².